The first kappa shape index (κ1) is 17.3. The molecule has 0 atom stereocenters. The third kappa shape index (κ3) is 4.96. The van der Waals surface area contributed by atoms with E-state index in [0.29, 0.717) is 0 Å². The van der Waals surface area contributed by atoms with Crippen molar-refractivity contribution in [3.8, 4) is 0 Å². The van der Waals surface area contributed by atoms with Crippen molar-refractivity contribution in [3.63, 3.8) is 0 Å². The predicted octanol–water partition coefficient (Wildman–Crippen LogP) is 1.88. The van der Waals surface area contributed by atoms with Crippen molar-refractivity contribution in [3.05, 3.63) is 17.6 Å². The number of aryl methyl sites for hydroxylation is 1. The lowest BCUT2D eigenvalue weighted by atomic mass is 10.3. The molecule has 0 unspecified atom stereocenters. The van der Waals surface area contributed by atoms with Gasteiger partial charge in [-0.1, -0.05) is 12.1 Å². The highest BCUT2D eigenvalue weighted by Gasteiger charge is 2.28. The van der Waals surface area contributed by atoms with E-state index < -0.39 is 22.6 Å². The van der Waals surface area contributed by atoms with Crippen LogP contribution in [0.25, 0.3) is 0 Å². The van der Waals surface area contributed by atoms with Crippen molar-refractivity contribution in [2.75, 3.05) is 12.4 Å². The Kier molecular flexibility index (Phi) is 5.26. The van der Waals surface area contributed by atoms with Crippen LogP contribution in [-0.2, 0) is 14.7 Å². The fourth-order valence-electron chi connectivity index (χ4n) is 1.29. The van der Waals surface area contributed by atoms with Crippen LogP contribution in [0.1, 0.15) is 25.2 Å². The molecular formula is C11H14F3N3O3S. The van der Waals surface area contributed by atoms with Gasteiger partial charge in [0.2, 0.25) is 6.61 Å². The monoisotopic (exact) mass is 325 g/mol. The number of halogens is 3. The van der Waals surface area contributed by atoms with Crippen LogP contribution in [-0.4, -0.2) is 42.6 Å². The first-order chi connectivity index (χ1) is 9.57. The lowest BCUT2D eigenvalue weighted by Crippen LogP contribution is -2.16. The van der Waals surface area contributed by atoms with Gasteiger partial charge in [0.25, 0.3) is 0 Å². The Hall–Kier alpha value is -1.71. The molecule has 0 radical (unpaired) electrons. The standard InChI is InChI=1S/C11H14F3N3O3S/c1-4-21(18,19)10-8(3)15-5-9(16-10)7(2)17-20-6-11(12,13)14/h5H,4,6H2,1-3H3/b17-7+. The molecule has 1 rings (SSSR count). The molecule has 21 heavy (non-hydrogen) atoms. The summed E-state index contributed by atoms with van der Waals surface area (Å²) < 4.78 is 59.4. The molecule has 0 aliphatic heterocycles. The van der Waals surface area contributed by atoms with Crippen molar-refractivity contribution in [1.82, 2.24) is 9.97 Å². The zero-order valence-corrected chi connectivity index (χ0v) is 12.4. The first-order valence-electron chi connectivity index (χ1n) is 5.87. The van der Waals surface area contributed by atoms with Gasteiger partial charge in [-0.25, -0.2) is 13.4 Å². The molecule has 0 amide bonds. The highest BCUT2D eigenvalue weighted by molar-refractivity contribution is 7.91. The summed E-state index contributed by atoms with van der Waals surface area (Å²) >= 11 is 0. The molecule has 0 saturated heterocycles. The lowest BCUT2D eigenvalue weighted by Gasteiger charge is -2.07. The maximum atomic E-state index is 11.9. The maximum absolute atomic E-state index is 11.9. The minimum absolute atomic E-state index is 0.000645. The Morgan fingerprint density at radius 2 is 2.05 bits per heavy atom. The van der Waals surface area contributed by atoms with Crippen LogP contribution in [0.3, 0.4) is 0 Å². The van der Waals surface area contributed by atoms with E-state index in [9.17, 15) is 21.6 Å². The number of sulfone groups is 1. The molecule has 1 aromatic rings. The number of aromatic nitrogens is 2. The van der Waals surface area contributed by atoms with Crippen molar-refractivity contribution in [2.45, 2.75) is 32.0 Å². The molecule has 0 aliphatic carbocycles. The van der Waals surface area contributed by atoms with E-state index in [-0.39, 0.29) is 27.9 Å². The van der Waals surface area contributed by atoms with Gasteiger partial charge in [-0.15, -0.1) is 0 Å². The molecule has 1 aromatic heterocycles. The molecule has 10 heteroatoms. The SMILES string of the molecule is CCS(=O)(=O)c1nc(/C(C)=N/OCC(F)(F)F)cnc1C. The number of alkyl halides is 3. The topological polar surface area (TPSA) is 81.5 Å². The molecule has 6 nitrogen and oxygen atoms in total. The molecule has 0 spiro atoms. The molecule has 0 fully saturated rings. The molecular weight excluding hydrogens is 311 g/mol. The van der Waals surface area contributed by atoms with E-state index in [1.165, 1.54) is 27.0 Å². The second-order valence-corrected chi connectivity index (χ2v) is 6.31. The van der Waals surface area contributed by atoms with Crippen LogP contribution in [0.15, 0.2) is 16.4 Å². The van der Waals surface area contributed by atoms with Gasteiger partial charge in [0.05, 0.1) is 17.6 Å². The quantitative estimate of drug-likeness (QED) is 0.610. The maximum Gasteiger partial charge on any atom is 0.425 e. The molecule has 118 valence electrons. The minimum atomic E-state index is -4.50. The molecule has 0 aromatic carbocycles. The molecule has 0 aliphatic rings. The van der Waals surface area contributed by atoms with E-state index in [4.69, 9.17) is 0 Å². The van der Waals surface area contributed by atoms with Crippen molar-refractivity contribution < 1.29 is 26.4 Å². The summed E-state index contributed by atoms with van der Waals surface area (Å²) in [5.41, 5.74) is 0.249. The number of oxime groups is 1. The minimum Gasteiger partial charge on any atom is -0.386 e. The van der Waals surface area contributed by atoms with Gasteiger partial charge in [-0.3, -0.25) is 4.98 Å². The average molecular weight is 325 g/mol. The van der Waals surface area contributed by atoms with Crippen molar-refractivity contribution in [1.29, 1.82) is 0 Å². The third-order valence-electron chi connectivity index (χ3n) is 2.39. The highest BCUT2D eigenvalue weighted by atomic mass is 32.2. The van der Waals surface area contributed by atoms with Gasteiger partial charge in [-0.2, -0.15) is 13.2 Å². The van der Waals surface area contributed by atoms with Crippen LogP contribution in [0.4, 0.5) is 13.2 Å². The zero-order chi connectivity index (χ0) is 16.3. The molecule has 0 saturated carbocycles. The van der Waals surface area contributed by atoms with Gasteiger partial charge in [0.1, 0.15) is 11.4 Å². The normalized spacial score (nSPS) is 13.3. The van der Waals surface area contributed by atoms with Crippen LogP contribution in [0, 0.1) is 6.92 Å². The number of hydrogen-bond donors (Lipinski definition) is 0. The van der Waals surface area contributed by atoms with Crippen molar-refractivity contribution >= 4 is 15.5 Å². The van der Waals surface area contributed by atoms with Crippen molar-refractivity contribution in [2.24, 2.45) is 5.16 Å². The largest absolute Gasteiger partial charge is 0.425 e. The first-order valence-corrected chi connectivity index (χ1v) is 7.52. The fraction of sp³-hybridized carbons (Fsp3) is 0.545. The zero-order valence-electron chi connectivity index (χ0n) is 11.6. The molecule has 1 heterocycles. The van der Waals surface area contributed by atoms with Gasteiger partial charge in [-0.05, 0) is 13.8 Å². The molecule has 0 N–H and O–H groups in total. The predicted molar refractivity (Wildman–Crippen MR) is 68.7 cm³/mol. The van der Waals surface area contributed by atoms with Crippen LogP contribution in [0.5, 0.6) is 0 Å². The van der Waals surface area contributed by atoms with Crippen LogP contribution >= 0.6 is 0 Å². The average Bonchev–Trinajstić information content (AvgIpc) is 2.37. The number of rotatable bonds is 5. The van der Waals surface area contributed by atoms with Gasteiger partial charge in [0.15, 0.2) is 14.9 Å². The van der Waals surface area contributed by atoms with Gasteiger partial charge in [0, 0.05) is 0 Å². The highest BCUT2D eigenvalue weighted by Crippen LogP contribution is 2.15. The Labute approximate surface area is 120 Å². The number of hydrogen-bond acceptors (Lipinski definition) is 6. The Morgan fingerprint density at radius 1 is 1.43 bits per heavy atom. The summed E-state index contributed by atoms with van der Waals surface area (Å²) in [5, 5.41) is 3.04. The van der Waals surface area contributed by atoms with Crippen LogP contribution < -0.4 is 0 Å². The van der Waals surface area contributed by atoms with E-state index in [1.807, 2.05) is 0 Å². The Bertz CT molecular complexity index is 642. The van der Waals surface area contributed by atoms with E-state index in [1.54, 1.807) is 0 Å². The summed E-state index contributed by atoms with van der Waals surface area (Å²) in [7, 11) is -3.58. The second kappa shape index (κ2) is 6.37. The van der Waals surface area contributed by atoms with E-state index >= 15 is 0 Å². The lowest BCUT2D eigenvalue weighted by molar-refractivity contribution is -0.173. The van der Waals surface area contributed by atoms with Gasteiger partial charge >= 0.3 is 6.18 Å². The fourth-order valence-corrected chi connectivity index (χ4v) is 2.30. The summed E-state index contributed by atoms with van der Waals surface area (Å²) in [6.07, 6.45) is -3.28. The van der Waals surface area contributed by atoms with E-state index in [0.717, 1.165) is 0 Å². The summed E-state index contributed by atoms with van der Waals surface area (Å²) in [6, 6.07) is 0. The summed E-state index contributed by atoms with van der Waals surface area (Å²) in [6.45, 7) is 2.74. The van der Waals surface area contributed by atoms with Crippen LogP contribution in [0.2, 0.25) is 0 Å². The van der Waals surface area contributed by atoms with Gasteiger partial charge < -0.3 is 4.84 Å². The Morgan fingerprint density at radius 3 is 2.57 bits per heavy atom. The molecule has 0 bridgehead atoms. The third-order valence-corrected chi connectivity index (χ3v) is 4.12. The van der Waals surface area contributed by atoms with E-state index in [2.05, 4.69) is 20.0 Å². The number of nitrogens with zero attached hydrogens (tertiary/aromatic N) is 3. The summed E-state index contributed by atoms with van der Waals surface area (Å²) in [4.78, 5) is 11.9. The second-order valence-electron chi connectivity index (χ2n) is 4.11. The smallest absolute Gasteiger partial charge is 0.386 e. The summed E-state index contributed by atoms with van der Waals surface area (Å²) in [5.74, 6) is -0.160. The Balaban J connectivity index is 3.05.